The van der Waals surface area contributed by atoms with Gasteiger partial charge >= 0.3 is 0 Å². The molecule has 3 nitrogen and oxygen atoms in total. The Hall–Kier alpha value is -0.780. The first-order valence-corrected chi connectivity index (χ1v) is 8.70. The van der Waals surface area contributed by atoms with Crippen LogP contribution in [0.25, 0.3) is 0 Å². The molecule has 0 aliphatic rings. The number of rotatable bonds is 7. The van der Waals surface area contributed by atoms with Crippen LogP contribution in [-0.4, -0.2) is 18.0 Å². The zero-order chi connectivity index (χ0) is 15.2. The van der Waals surface area contributed by atoms with Crippen LogP contribution in [0.3, 0.4) is 0 Å². The molecular weight excluding hydrogens is 396 g/mol. The molecule has 2 rings (SSSR count). The lowest BCUT2D eigenvalue weighted by atomic mass is 10.1. The standard InChI is InChI=1S/C16H20Br2N2O/c1-3-20(4-2)11-12-7-5-6-8-15(12)19-10-13-9-14(17)16(18)21-13/h5-9,19H,3-4,10-11H2,1-2H3. The molecule has 0 atom stereocenters. The summed E-state index contributed by atoms with van der Waals surface area (Å²) in [7, 11) is 0. The Morgan fingerprint density at radius 1 is 1.14 bits per heavy atom. The number of halogens is 2. The van der Waals surface area contributed by atoms with Crippen LogP contribution in [0.4, 0.5) is 5.69 Å². The SMILES string of the molecule is CCN(CC)Cc1ccccc1NCc1cc(Br)c(Br)o1. The maximum Gasteiger partial charge on any atom is 0.183 e. The monoisotopic (exact) mass is 414 g/mol. The van der Waals surface area contributed by atoms with Crippen molar-refractivity contribution in [3.05, 3.63) is 50.8 Å². The first kappa shape index (κ1) is 16.6. The summed E-state index contributed by atoms with van der Waals surface area (Å²) in [5.41, 5.74) is 2.47. The van der Waals surface area contributed by atoms with Gasteiger partial charge in [-0.05, 0) is 62.6 Å². The maximum atomic E-state index is 5.60. The second-order valence-corrected chi connectivity index (χ2v) is 6.38. The Labute approximate surface area is 143 Å². The fourth-order valence-electron chi connectivity index (χ4n) is 2.18. The number of benzene rings is 1. The smallest absolute Gasteiger partial charge is 0.183 e. The minimum Gasteiger partial charge on any atom is -0.451 e. The van der Waals surface area contributed by atoms with Gasteiger partial charge in [0.2, 0.25) is 0 Å². The van der Waals surface area contributed by atoms with Crippen LogP contribution < -0.4 is 5.32 Å². The molecule has 2 aromatic rings. The highest BCUT2D eigenvalue weighted by atomic mass is 79.9. The number of hydrogen-bond acceptors (Lipinski definition) is 3. The third kappa shape index (κ3) is 4.59. The zero-order valence-corrected chi connectivity index (χ0v) is 15.5. The highest BCUT2D eigenvalue weighted by molar-refractivity contribution is 9.13. The molecule has 0 saturated carbocycles. The van der Waals surface area contributed by atoms with Gasteiger partial charge < -0.3 is 9.73 Å². The quantitative estimate of drug-likeness (QED) is 0.668. The van der Waals surface area contributed by atoms with Gasteiger partial charge in [-0.1, -0.05) is 32.0 Å². The summed E-state index contributed by atoms with van der Waals surface area (Å²) in [6.45, 7) is 8.13. The van der Waals surface area contributed by atoms with Gasteiger partial charge in [-0.25, -0.2) is 0 Å². The van der Waals surface area contributed by atoms with E-state index in [1.165, 1.54) is 5.56 Å². The molecule has 0 fully saturated rings. The summed E-state index contributed by atoms with van der Waals surface area (Å²) >= 11 is 6.79. The van der Waals surface area contributed by atoms with Crippen LogP contribution in [0.15, 0.2) is 43.9 Å². The average Bonchev–Trinajstić information content (AvgIpc) is 2.82. The van der Waals surface area contributed by atoms with E-state index in [2.05, 4.69) is 80.2 Å². The molecule has 0 aliphatic carbocycles. The molecule has 1 N–H and O–H groups in total. The molecule has 0 saturated heterocycles. The zero-order valence-electron chi connectivity index (χ0n) is 12.3. The van der Waals surface area contributed by atoms with E-state index in [-0.39, 0.29) is 0 Å². The number of nitrogens with zero attached hydrogens (tertiary/aromatic N) is 1. The first-order chi connectivity index (χ1) is 10.1. The van der Waals surface area contributed by atoms with Gasteiger partial charge in [0, 0.05) is 12.2 Å². The van der Waals surface area contributed by atoms with E-state index in [1.807, 2.05) is 6.07 Å². The molecule has 114 valence electrons. The predicted octanol–water partition coefficient (Wildman–Crippen LogP) is 5.26. The minimum absolute atomic E-state index is 0.666. The van der Waals surface area contributed by atoms with E-state index < -0.39 is 0 Å². The van der Waals surface area contributed by atoms with E-state index in [0.29, 0.717) is 6.54 Å². The molecule has 21 heavy (non-hydrogen) atoms. The maximum absolute atomic E-state index is 5.60. The Balaban J connectivity index is 2.05. The molecule has 0 amide bonds. The molecule has 0 aliphatic heterocycles. The van der Waals surface area contributed by atoms with Crippen molar-refractivity contribution in [1.29, 1.82) is 0 Å². The normalized spacial score (nSPS) is 11.1. The summed E-state index contributed by atoms with van der Waals surface area (Å²) in [5, 5.41) is 3.46. The lowest BCUT2D eigenvalue weighted by Gasteiger charge is -2.20. The molecule has 0 spiro atoms. The van der Waals surface area contributed by atoms with Gasteiger partial charge in [0.25, 0.3) is 0 Å². The van der Waals surface area contributed by atoms with Gasteiger partial charge in [-0.3, -0.25) is 4.90 Å². The minimum atomic E-state index is 0.666. The number of hydrogen-bond donors (Lipinski definition) is 1. The summed E-state index contributed by atoms with van der Waals surface area (Å²) < 4.78 is 7.27. The van der Waals surface area contributed by atoms with Crippen molar-refractivity contribution in [3.8, 4) is 0 Å². The molecule has 5 heteroatoms. The van der Waals surface area contributed by atoms with Crippen molar-refractivity contribution in [2.45, 2.75) is 26.9 Å². The van der Waals surface area contributed by atoms with Crippen molar-refractivity contribution < 1.29 is 4.42 Å². The fraction of sp³-hybridized carbons (Fsp3) is 0.375. The highest BCUT2D eigenvalue weighted by Gasteiger charge is 2.08. The third-order valence-electron chi connectivity index (χ3n) is 3.45. The first-order valence-electron chi connectivity index (χ1n) is 7.11. The van der Waals surface area contributed by atoms with Gasteiger partial charge in [0.1, 0.15) is 5.76 Å². The van der Waals surface area contributed by atoms with Gasteiger partial charge in [-0.2, -0.15) is 0 Å². The number of nitrogens with one attached hydrogen (secondary N) is 1. The van der Waals surface area contributed by atoms with Gasteiger partial charge in [0.15, 0.2) is 4.67 Å². The van der Waals surface area contributed by atoms with Gasteiger partial charge in [-0.15, -0.1) is 0 Å². The van der Waals surface area contributed by atoms with E-state index >= 15 is 0 Å². The van der Waals surface area contributed by atoms with E-state index in [1.54, 1.807) is 0 Å². The number of para-hydroxylation sites is 1. The summed E-state index contributed by atoms with van der Waals surface area (Å²) in [5.74, 6) is 0.895. The number of anilines is 1. The summed E-state index contributed by atoms with van der Waals surface area (Å²) in [6.07, 6.45) is 0. The van der Waals surface area contributed by atoms with Crippen LogP contribution in [0.1, 0.15) is 25.2 Å². The molecule has 1 aromatic carbocycles. The highest BCUT2D eigenvalue weighted by Crippen LogP contribution is 2.27. The topological polar surface area (TPSA) is 28.4 Å². The van der Waals surface area contributed by atoms with Crippen molar-refractivity contribution in [1.82, 2.24) is 4.90 Å². The van der Waals surface area contributed by atoms with Crippen LogP contribution in [0.2, 0.25) is 0 Å². The van der Waals surface area contributed by atoms with Crippen LogP contribution >= 0.6 is 31.9 Å². The Kier molecular flexibility index (Phi) is 6.33. The molecule has 0 bridgehead atoms. The second kappa shape index (κ2) is 8.01. The predicted molar refractivity (Wildman–Crippen MR) is 94.5 cm³/mol. The Morgan fingerprint density at radius 2 is 1.86 bits per heavy atom. The lowest BCUT2D eigenvalue weighted by Crippen LogP contribution is -2.22. The fourth-order valence-corrected chi connectivity index (χ4v) is 2.84. The summed E-state index contributed by atoms with van der Waals surface area (Å²) in [6, 6.07) is 10.4. The van der Waals surface area contributed by atoms with Crippen LogP contribution in [0, 0.1) is 0 Å². The average molecular weight is 416 g/mol. The summed E-state index contributed by atoms with van der Waals surface area (Å²) in [4.78, 5) is 2.40. The second-order valence-electron chi connectivity index (χ2n) is 4.81. The molecular formula is C16H20Br2N2O. The molecule has 1 aromatic heterocycles. The molecule has 0 unspecified atom stereocenters. The van der Waals surface area contributed by atoms with E-state index in [4.69, 9.17) is 4.42 Å². The molecule has 0 radical (unpaired) electrons. The molecule has 1 heterocycles. The third-order valence-corrected chi connectivity index (χ3v) is 5.17. The van der Waals surface area contributed by atoms with Crippen molar-refractivity contribution in [2.24, 2.45) is 0 Å². The lowest BCUT2D eigenvalue weighted by molar-refractivity contribution is 0.296. The van der Waals surface area contributed by atoms with Crippen molar-refractivity contribution in [2.75, 3.05) is 18.4 Å². The number of furan rings is 1. The Morgan fingerprint density at radius 3 is 2.48 bits per heavy atom. The van der Waals surface area contributed by atoms with E-state index in [0.717, 1.165) is 40.2 Å². The van der Waals surface area contributed by atoms with Gasteiger partial charge in [0.05, 0.1) is 11.0 Å². The van der Waals surface area contributed by atoms with Crippen LogP contribution in [0.5, 0.6) is 0 Å². The van der Waals surface area contributed by atoms with Crippen molar-refractivity contribution in [3.63, 3.8) is 0 Å². The van der Waals surface area contributed by atoms with Crippen molar-refractivity contribution >= 4 is 37.5 Å². The Bertz CT molecular complexity index is 560. The largest absolute Gasteiger partial charge is 0.451 e. The van der Waals surface area contributed by atoms with Crippen LogP contribution in [-0.2, 0) is 13.1 Å². The van der Waals surface area contributed by atoms with E-state index in [9.17, 15) is 0 Å².